The maximum atomic E-state index is 5.62. The van der Waals surface area contributed by atoms with E-state index in [1.54, 1.807) is 0 Å². The molecule has 2 nitrogen and oxygen atoms in total. The summed E-state index contributed by atoms with van der Waals surface area (Å²) in [5.74, 6) is 0.986. The van der Waals surface area contributed by atoms with Gasteiger partial charge in [0.25, 0.3) is 0 Å². The Hall–Kier alpha value is -0.0800. The van der Waals surface area contributed by atoms with E-state index in [0.717, 1.165) is 19.1 Å². The Morgan fingerprint density at radius 1 is 1.38 bits per heavy atom. The summed E-state index contributed by atoms with van der Waals surface area (Å²) in [6, 6.07) is 0.583. The second-order valence-corrected chi connectivity index (χ2v) is 4.32. The van der Waals surface area contributed by atoms with E-state index >= 15 is 0 Å². The molecule has 0 aliphatic heterocycles. The van der Waals surface area contributed by atoms with Gasteiger partial charge in [-0.05, 0) is 32.7 Å². The standard InChI is InChI=1S/C11H23NO/c1-4-12-11(7-10-5-6-10)8-13-9(2)3/h9-12H,4-8H2,1-3H3. The van der Waals surface area contributed by atoms with E-state index in [4.69, 9.17) is 4.74 Å². The third-order valence-corrected chi connectivity index (χ3v) is 2.44. The van der Waals surface area contributed by atoms with Gasteiger partial charge in [-0.3, -0.25) is 0 Å². The van der Waals surface area contributed by atoms with Crippen LogP contribution in [0, 0.1) is 5.92 Å². The van der Waals surface area contributed by atoms with Gasteiger partial charge in [0.15, 0.2) is 0 Å². The van der Waals surface area contributed by atoms with Crippen LogP contribution in [0.25, 0.3) is 0 Å². The molecule has 1 aliphatic rings. The van der Waals surface area contributed by atoms with Crippen molar-refractivity contribution < 1.29 is 4.74 Å². The first-order chi connectivity index (χ1) is 6.22. The molecule has 1 unspecified atom stereocenters. The number of hydrogen-bond donors (Lipinski definition) is 1. The highest BCUT2D eigenvalue weighted by molar-refractivity contribution is 4.79. The van der Waals surface area contributed by atoms with Crippen LogP contribution in [0.4, 0.5) is 0 Å². The zero-order valence-corrected chi connectivity index (χ0v) is 9.18. The molecule has 1 N–H and O–H groups in total. The summed E-state index contributed by atoms with van der Waals surface area (Å²) in [5.41, 5.74) is 0. The number of ether oxygens (including phenoxy) is 1. The van der Waals surface area contributed by atoms with Gasteiger partial charge in [0, 0.05) is 6.04 Å². The van der Waals surface area contributed by atoms with E-state index in [9.17, 15) is 0 Å². The predicted octanol–water partition coefficient (Wildman–Crippen LogP) is 2.19. The van der Waals surface area contributed by atoms with Crippen LogP contribution in [0.3, 0.4) is 0 Å². The smallest absolute Gasteiger partial charge is 0.0623 e. The van der Waals surface area contributed by atoms with Crippen molar-refractivity contribution in [2.75, 3.05) is 13.2 Å². The van der Waals surface area contributed by atoms with Crippen LogP contribution in [0.1, 0.15) is 40.0 Å². The maximum absolute atomic E-state index is 5.62. The fraction of sp³-hybridized carbons (Fsp3) is 1.00. The highest BCUT2D eigenvalue weighted by Gasteiger charge is 2.25. The highest BCUT2D eigenvalue weighted by atomic mass is 16.5. The van der Waals surface area contributed by atoms with Crippen molar-refractivity contribution in [3.63, 3.8) is 0 Å². The summed E-state index contributed by atoms with van der Waals surface area (Å²) in [6.07, 6.45) is 4.54. The molecule has 1 fully saturated rings. The largest absolute Gasteiger partial charge is 0.377 e. The summed E-state index contributed by atoms with van der Waals surface area (Å²) in [6.45, 7) is 8.29. The Labute approximate surface area is 82.0 Å². The van der Waals surface area contributed by atoms with Gasteiger partial charge in [0.1, 0.15) is 0 Å². The molecule has 1 aliphatic carbocycles. The lowest BCUT2D eigenvalue weighted by atomic mass is 10.1. The second-order valence-electron chi connectivity index (χ2n) is 4.32. The molecule has 1 rings (SSSR count). The Balaban J connectivity index is 2.11. The van der Waals surface area contributed by atoms with Crippen molar-refractivity contribution in [3.05, 3.63) is 0 Å². The molecule has 0 heterocycles. The van der Waals surface area contributed by atoms with E-state index in [0.29, 0.717) is 12.1 Å². The van der Waals surface area contributed by atoms with Gasteiger partial charge in [0.05, 0.1) is 12.7 Å². The first kappa shape index (κ1) is 11.0. The molecule has 1 saturated carbocycles. The Kier molecular flexibility index (Phi) is 4.74. The van der Waals surface area contributed by atoms with Crippen molar-refractivity contribution >= 4 is 0 Å². The lowest BCUT2D eigenvalue weighted by molar-refractivity contribution is 0.0587. The molecule has 0 amide bonds. The molecule has 2 heteroatoms. The number of likely N-dealkylation sites (N-methyl/N-ethyl adjacent to an activating group) is 1. The van der Waals surface area contributed by atoms with Crippen molar-refractivity contribution in [1.82, 2.24) is 5.32 Å². The predicted molar refractivity (Wildman–Crippen MR) is 55.9 cm³/mol. The summed E-state index contributed by atoms with van der Waals surface area (Å²) in [7, 11) is 0. The van der Waals surface area contributed by atoms with Gasteiger partial charge in [-0.15, -0.1) is 0 Å². The molecule has 0 aromatic rings. The van der Waals surface area contributed by atoms with E-state index in [1.165, 1.54) is 19.3 Å². The molecule has 0 bridgehead atoms. The fourth-order valence-corrected chi connectivity index (χ4v) is 1.56. The summed E-state index contributed by atoms with van der Waals surface area (Å²) in [4.78, 5) is 0. The number of hydrogen-bond acceptors (Lipinski definition) is 2. The van der Waals surface area contributed by atoms with Crippen molar-refractivity contribution in [1.29, 1.82) is 0 Å². The molecule has 0 aromatic heterocycles. The van der Waals surface area contributed by atoms with Gasteiger partial charge in [-0.1, -0.05) is 19.8 Å². The third-order valence-electron chi connectivity index (χ3n) is 2.44. The van der Waals surface area contributed by atoms with E-state index in [-0.39, 0.29) is 0 Å². The molecule has 78 valence electrons. The highest BCUT2D eigenvalue weighted by Crippen LogP contribution is 2.33. The van der Waals surface area contributed by atoms with Crippen molar-refractivity contribution in [2.45, 2.75) is 52.2 Å². The molecule has 0 saturated heterocycles. The molecule has 1 atom stereocenters. The van der Waals surface area contributed by atoms with Crippen LogP contribution in [-0.2, 0) is 4.74 Å². The molecular formula is C11H23NO. The topological polar surface area (TPSA) is 21.3 Å². The number of nitrogens with one attached hydrogen (secondary N) is 1. The Morgan fingerprint density at radius 2 is 2.08 bits per heavy atom. The van der Waals surface area contributed by atoms with Crippen molar-refractivity contribution in [3.8, 4) is 0 Å². The van der Waals surface area contributed by atoms with E-state index in [1.807, 2.05) is 0 Å². The first-order valence-corrected chi connectivity index (χ1v) is 5.57. The van der Waals surface area contributed by atoms with Gasteiger partial charge >= 0.3 is 0 Å². The molecule has 0 radical (unpaired) electrons. The van der Waals surface area contributed by atoms with Crippen LogP contribution in [-0.4, -0.2) is 25.3 Å². The third kappa shape index (κ3) is 5.27. The van der Waals surface area contributed by atoms with Crippen LogP contribution < -0.4 is 5.32 Å². The Bertz CT molecular complexity index is 132. The van der Waals surface area contributed by atoms with Gasteiger partial charge in [-0.25, -0.2) is 0 Å². The van der Waals surface area contributed by atoms with Crippen LogP contribution in [0.5, 0.6) is 0 Å². The first-order valence-electron chi connectivity index (χ1n) is 5.57. The summed E-state index contributed by atoms with van der Waals surface area (Å²) >= 11 is 0. The second kappa shape index (κ2) is 5.61. The quantitative estimate of drug-likeness (QED) is 0.656. The van der Waals surface area contributed by atoms with Gasteiger partial charge < -0.3 is 10.1 Å². The summed E-state index contributed by atoms with van der Waals surface area (Å²) in [5, 5.41) is 3.48. The number of rotatable bonds is 7. The molecular weight excluding hydrogens is 162 g/mol. The molecule has 13 heavy (non-hydrogen) atoms. The fourth-order valence-electron chi connectivity index (χ4n) is 1.56. The molecule has 0 aromatic carbocycles. The van der Waals surface area contributed by atoms with Crippen molar-refractivity contribution in [2.24, 2.45) is 5.92 Å². The maximum Gasteiger partial charge on any atom is 0.0623 e. The van der Waals surface area contributed by atoms with Gasteiger partial charge in [-0.2, -0.15) is 0 Å². The zero-order valence-electron chi connectivity index (χ0n) is 9.18. The summed E-state index contributed by atoms with van der Waals surface area (Å²) < 4.78 is 5.62. The Morgan fingerprint density at radius 3 is 2.54 bits per heavy atom. The van der Waals surface area contributed by atoms with Crippen LogP contribution in [0.2, 0.25) is 0 Å². The minimum Gasteiger partial charge on any atom is -0.377 e. The van der Waals surface area contributed by atoms with E-state index < -0.39 is 0 Å². The zero-order chi connectivity index (χ0) is 9.68. The molecule has 0 spiro atoms. The lowest BCUT2D eigenvalue weighted by Gasteiger charge is -2.19. The normalized spacial score (nSPS) is 19.4. The van der Waals surface area contributed by atoms with Crippen LogP contribution >= 0.6 is 0 Å². The lowest BCUT2D eigenvalue weighted by Crippen LogP contribution is -2.34. The van der Waals surface area contributed by atoms with Gasteiger partial charge in [0.2, 0.25) is 0 Å². The average molecular weight is 185 g/mol. The minimum absolute atomic E-state index is 0.361. The van der Waals surface area contributed by atoms with E-state index in [2.05, 4.69) is 26.1 Å². The monoisotopic (exact) mass is 185 g/mol. The van der Waals surface area contributed by atoms with Crippen LogP contribution in [0.15, 0.2) is 0 Å². The average Bonchev–Trinajstić information content (AvgIpc) is 2.84. The SMILES string of the molecule is CCNC(COC(C)C)CC1CC1. The minimum atomic E-state index is 0.361.